The molecule has 0 unspecified atom stereocenters. The Morgan fingerprint density at radius 2 is 1.95 bits per heavy atom. The minimum atomic E-state index is 0. The molecule has 0 N–H and O–H groups in total. The van der Waals surface area contributed by atoms with E-state index in [0.29, 0.717) is 0 Å². The summed E-state index contributed by atoms with van der Waals surface area (Å²) in [6.45, 7) is 2.11. The zero-order chi connectivity index (χ0) is 13.2. The maximum atomic E-state index is 4.05. The van der Waals surface area contributed by atoms with Crippen LogP contribution in [0.5, 0.6) is 0 Å². The van der Waals surface area contributed by atoms with E-state index in [4.69, 9.17) is 0 Å². The van der Waals surface area contributed by atoms with Gasteiger partial charge in [0.25, 0.3) is 0 Å². The Labute approximate surface area is 144 Å². The van der Waals surface area contributed by atoms with Gasteiger partial charge in [0.1, 0.15) is 0 Å². The monoisotopic (exact) mass is 337 g/mol. The molecule has 2 heterocycles. The molecule has 3 nitrogen and oxygen atoms in total. The van der Waals surface area contributed by atoms with Crippen LogP contribution in [0.2, 0.25) is 0 Å². The Morgan fingerprint density at radius 1 is 1.15 bits per heavy atom. The fourth-order valence-electron chi connectivity index (χ4n) is 2.18. The molecule has 0 spiro atoms. The number of rotatable bonds is 2. The van der Waals surface area contributed by atoms with Crippen LogP contribution in [-0.4, -0.2) is 9.55 Å². The molecule has 1 radical (unpaired) electrons. The van der Waals surface area contributed by atoms with E-state index in [9.17, 15) is 0 Å². The van der Waals surface area contributed by atoms with Gasteiger partial charge in [-0.3, -0.25) is 4.57 Å². The third kappa shape index (κ3) is 2.74. The molecule has 0 aliphatic carbocycles. The van der Waals surface area contributed by atoms with Crippen molar-refractivity contribution in [2.45, 2.75) is 6.92 Å². The van der Waals surface area contributed by atoms with Crippen LogP contribution >= 0.6 is 0 Å². The van der Waals surface area contributed by atoms with Crippen LogP contribution in [0.3, 0.4) is 0 Å². The van der Waals surface area contributed by atoms with Gasteiger partial charge in [-0.2, -0.15) is 12.1 Å². The van der Waals surface area contributed by atoms with Gasteiger partial charge in [0, 0.05) is 38.3 Å². The van der Waals surface area contributed by atoms with E-state index in [-0.39, 0.29) is 32.7 Å². The SMILES string of the molecule is Cc1ccccc1-c1n(C)c[c-][n+]1-c1[c-]nccc1.[Y]. The molecule has 0 amide bonds. The van der Waals surface area contributed by atoms with Crippen molar-refractivity contribution in [3.8, 4) is 17.1 Å². The first-order valence-electron chi connectivity index (χ1n) is 6.15. The van der Waals surface area contributed by atoms with Crippen LogP contribution in [-0.2, 0) is 39.8 Å². The summed E-state index contributed by atoms with van der Waals surface area (Å²) in [5.74, 6) is 1.07. The van der Waals surface area contributed by atoms with E-state index in [2.05, 4.69) is 41.0 Å². The molecular formula is C16H14N3Y-. The van der Waals surface area contributed by atoms with Gasteiger partial charge in [-0.05, 0) is 12.5 Å². The van der Waals surface area contributed by atoms with Crippen molar-refractivity contribution in [2.75, 3.05) is 0 Å². The van der Waals surface area contributed by atoms with Gasteiger partial charge < -0.3 is 9.55 Å². The predicted molar refractivity (Wildman–Crippen MR) is 72.6 cm³/mol. The second kappa shape index (κ2) is 6.42. The Morgan fingerprint density at radius 3 is 2.65 bits per heavy atom. The number of nitrogens with zero attached hydrogens (tertiary/aromatic N) is 3. The largest absolute Gasteiger partial charge is 0.404 e. The van der Waals surface area contributed by atoms with Crippen molar-refractivity contribution in [3.63, 3.8) is 0 Å². The third-order valence-corrected chi connectivity index (χ3v) is 3.15. The van der Waals surface area contributed by atoms with Crippen molar-refractivity contribution < 1.29 is 37.3 Å². The van der Waals surface area contributed by atoms with Crippen LogP contribution < -0.4 is 4.57 Å². The molecule has 4 heteroatoms. The summed E-state index contributed by atoms with van der Waals surface area (Å²) in [7, 11) is 2.02. The van der Waals surface area contributed by atoms with Crippen LogP contribution in [0.1, 0.15) is 5.56 Å². The van der Waals surface area contributed by atoms with E-state index in [1.165, 1.54) is 11.1 Å². The average Bonchev–Trinajstić information content (AvgIpc) is 2.82. The van der Waals surface area contributed by atoms with E-state index < -0.39 is 0 Å². The van der Waals surface area contributed by atoms with Crippen LogP contribution in [0.15, 0.2) is 48.8 Å². The van der Waals surface area contributed by atoms with Crippen molar-refractivity contribution in [1.82, 2.24) is 9.55 Å². The van der Waals surface area contributed by atoms with Gasteiger partial charge in [0.2, 0.25) is 0 Å². The van der Waals surface area contributed by atoms with E-state index >= 15 is 0 Å². The van der Waals surface area contributed by atoms with Gasteiger partial charge in [-0.1, -0.05) is 36.1 Å². The molecule has 0 saturated carbocycles. The van der Waals surface area contributed by atoms with Gasteiger partial charge in [0.15, 0.2) is 5.82 Å². The van der Waals surface area contributed by atoms with Crippen LogP contribution in [0, 0.1) is 19.3 Å². The number of aromatic nitrogens is 3. The maximum Gasteiger partial charge on any atom is 0.184 e. The summed E-state index contributed by atoms with van der Waals surface area (Å²) in [6, 6.07) is 12.2. The summed E-state index contributed by atoms with van der Waals surface area (Å²) < 4.78 is 4.04. The summed E-state index contributed by atoms with van der Waals surface area (Å²) in [5, 5.41) is 0. The van der Waals surface area contributed by atoms with Gasteiger partial charge in [-0.25, -0.2) is 0 Å². The molecule has 2 aromatic heterocycles. The van der Waals surface area contributed by atoms with Gasteiger partial charge in [0.05, 0.1) is 19.4 Å². The number of hydrogen-bond donors (Lipinski definition) is 0. The first-order chi connectivity index (χ1) is 9.27. The second-order valence-electron chi connectivity index (χ2n) is 4.48. The Balaban J connectivity index is 0.00000147. The standard InChI is InChI=1S/C16H14N3.Y/c1-13-6-3-4-8-15(13)16-18(2)10-11-19(16)14-7-5-9-17-12-14;/h3-10H,1-2H3;/q-1;. The smallest absolute Gasteiger partial charge is 0.184 e. The van der Waals surface area contributed by atoms with Crippen LogP contribution in [0.4, 0.5) is 0 Å². The fourth-order valence-corrected chi connectivity index (χ4v) is 2.18. The van der Waals surface area contributed by atoms with Crippen LogP contribution in [0.25, 0.3) is 17.1 Å². The molecule has 20 heavy (non-hydrogen) atoms. The number of imidazole rings is 1. The molecule has 3 rings (SSSR count). The number of benzene rings is 1. The van der Waals surface area contributed by atoms with Crippen molar-refractivity contribution >= 4 is 0 Å². The summed E-state index contributed by atoms with van der Waals surface area (Å²) >= 11 is 0. The molecule has 3 aromatic rings. The first-order valence-corrected chi connectivity index (χ1v) is 6.15. The van der Waals surface area contributed by atoms with E-state index in [1.54, 1.807) is 6.20 Å². The molecule has 0 fully saturated rings. The maximum absolute atomic E-state index is 4.05. The molecule has 0 aliphatic rings. The molecular weight excluding hydrogens is 323 g/mol. The number of hydrogen-bond acceptors (Lipinski definition) is 1. The Kier molecular flexibility index (Phi) is 4.84. The normalized spacial score (nSPS) is 10.1. The van der Waals surface area contributed by atoms with Crippen molar-refractivity contribution in [2.24, 2.45) is 7.05 Å². The Hall–Kier alpha value is -1.32. The van der Waals surface area contributed by atoms with Gasteiger partial charge in [-0.15, -0.1) is 6.20 Å². The Bertz CT molecular complexity index is 705. The zero-order valence-corrected chi connectivity index (χ0v) is 14.4. The number of aryl methyl sites for hydroxylation is 2. The molecule has 0 saturated heterocycles. The molecule has 0 atom stereocenters. The van der Waals surface area contributed by atoms with E-state index in [0.717, 1.165) is 11.5 Å². The number of pyridine rings is 1. The third-order valence-electron chi connectivity index (χ3n) is 3.15. The van der Waals surface area contributed by atoms with Crippen molar-refractivity contribution in [3.05, 3.63) is 66.7 Å². The topological polar surface area (TPSA) is 21.7 Å². The predicted octanol–water partition coefficient (Wildman–Crippen LogP) is 2.27. The fraction of sp³-hybridized carbons (Fsp3) is 0.125. The quantitative estimate of drug-likeness (QED) is 0.519. The zero-order valence-electron chi connectivity index (χ0n) is 11.5. The minimum absolute atomic E-state index is 0. The summed E-state index contributed by atoms with van der Waals surface area (Å²) in [5.41, 5.74) is 3.31. The van der Waals surface area contributed by atoms with E-state index in [1.807, 2.05) is 42.1 Å². The summed E-state index contributed by atoms with van der Waals surface area (Å²) in [6.07, 6.45) is 9.86. The van der Waals surface area contributed by atoms with Gasteiger partial charge >= 0.3 is 0 Å². The molecule has 0 aliphatic heterocycles. The molecule has 0 bridgehead atoms. The summed E-state index contributed by atoms with van der Waals surface area (Å²) in [4.78, 5) is 4.05. The average molecular weight is 337 g/mol. The molecule has 97 valence electrons. The molecule has 1 aromatic carbocycles. The first kappa shape index (κ1) is 15.1. The van der Waals surface area contributed by atoms with Crippen molar-refractivity contribution in [1.29, 1.82) is 0 Å². The minimum Gasteiger partial charge on any atom is -0.404 e. The second-order valence-corrected chi connectivity index (χ2v) is 4.48.